The molecule has 0 N–H and O–H groups in total. The molecule has 2 nitrogen and oxygen atoms in total. The lowest BCUT2D eigenvalue weighted by Crippen LogP contribution is -2.36. The van der Waals surface area contributed by atoms with Gasteiger partial charge in [-0.1, -0.05) is 13.8 Å². The Morgan fingerprint density at radius 2 is 1.81 bits per heavy atom. The molecule has 21 heavy (non-hydrogen) atoms. The van der Waals surface area contributed by atoms with Gasteiger partial charge in [-0.25, -0.2) is 4.39 Å². The maximum Gasteiger partial charge on any atom is 0.419 e. The molecule has 0 saturated carbocycles. The van der Waals surface area contributed by atoms with Gasteiger partial charge in [0.05, 0.1) is 5.56 Å². The first-order valence-corrected chi connectivity index (χ1v) is 6.68. The van der Waals surface area contributed by atoms with E-state index in [0.29, 0.717) is 18.1 Å². The van der Waals surface area contributed by atoms with Crippen LogP contribution in [0.25, 0.3) is 0 Å². The van der Waals surface area contributed by atoms with Gasteiger partial charge in [0, 0.05) is 18.7 Å². The zero-order valence-corrected chi connectivity index (χ0v) is 12.5. The highest BCUT2D eigenvalue weighted by Gasteiger charge is 2.35. The van der Waals surface area contributed by atoms with Gasteiger partial charge < -0.3 is 4.90 Å². The quantitative estimate of drug-likeness (QED) is 0.757. The summed E-state index contributed by atoms with van der Waals surface area (Å²) in [6, 6.07) is 2.20. The van der Waals surface area contributed by atoms with Crippen molar-refractivity contribution in [1.29, 1.82) is 0 Å². The molecule has 1 atom stereocenters. The summed E-state index contributed by atoms with van der Waals surface area (Å²) in [7, 11) is 1.53. The van der Waals surface area contributed by atoms with Gasteiger partial charge in [0.1, 0.15) is 5.82 Å². The molecule has 0 aromatic heterocycles. The van der Waals surface area contributed by atoms with Gasteiger partial charge in [0.25, 0.3) is 5.91 Å². The predicted molar refractivity (Wildman–Crippen MR) is 72.4 cm³/mol. The monoisotopic (exact) mass is 305 g/mol. The van der Waals surface area contributed by atoms with E-state index < -0.39 is 23.5 Å². The highest BCUT2D eigenvalue weighted by Crippen LogP contribution is 2.32. The van der Waals surface area contributed by atoms with Crippen molar-refractivity contribution >= 4 is 5.91 Å². The second-order valence-electron chi connectivity index (χ2n) is 5.59. The van der Waals surface area contributed by atoms with Crippen LogP contribution in [0.1, 0.15) is 43.1 Å². The number of hydrogen-bond donors (Lipinski definition) is 0. The topological polar surface area (TPSA) is 20.3 Å². The van der Waals surface area contributed by atoms with Gasteiger partial charge in [-0.2, -0.15) is 13.2 Å². The Morgan fingerprint density at radius 3 is 2.29 bits per heavy atom. The molecule has 1 aromatic rings. The average molecular weight is 305 g/mol. The number of amides is 1. The summed E-state index contributed by atoms with van der Waals surface area (Å²) in [6.45, 7) is 5.81. The van der Waals surface area contributed by atoms with E-state index in [4.69, 9.17) is 0 Å². The summed E-state index contributed by atoms with van der Waals surface area (Å²) in [4.78, 5) is 13.6. The fraction of sp³-hybridized carbons (Fsp3) is 0.533. The predicted octanol–water partition coefficient (Wildman–Crippen LogP) is 4.35. The third kappa shape index (κ3) is 4.44. The van der Waals surface area contributed by atoms with Crippen LogP contribution in [0.5, 0.6) is 0 Å². The van der Waals surface area contributed by atoms with Crippen molar-refractivity contribution in [3.8, 4) is 0 Å². The molecular formula is C15H19F4NO. The summed E-state index contributed by atoms with van der Waals surface area (Å²) in [5.74, 6) is -1.57. The molecule has 0 heterocycles. The van der Waals surface area contributed by atoms with Crippen molar-refractivity contribution in [2.75, 3.05) is 7.05 Å². The molecule has 1 unspecified atom stereocenters. The molecule has 0 bridgehead atoms. The number of hydrogen-bond acceptors (Lipinski definition) is 1. The number of benzene rings is 1. The second kappa shape index (κ2) is 6.45. The maximum absolute atomic E-state index is 13.2. The molecule has 0 aliphatic rings. The zero-order valence-electron chi connectivity index (χ0n) is 12.5. The van der Waals surface area contributed by atoms with Crippen LogP contribution in [-0.2, 0) is 6.18 Å². The molecular weight excluding hydrogens is 286 g/mol. The highest BCUT2D eigenvalue weighted by molar-refractivity contribution is 5.94. The molecule has 0 aliphatic heterocycles. The minimum Gasteiger partial charge on any atom is -0.339 e. The molecule has 0 saturated heterocycles. The van der Waals surface area contributed by atoms with E-state index in [1.165, 1.54) is 11.9 Å². The number of halogens is 4. The Bertz CT molecular complexity index is 511. The Morgan fingerprint density at radius 1 is 1.24 bits per heavy atom. The third-order valence-electron chi connectivity index (χ3n) is 3.31. The molecule has 1 aromatic carbocycles. The number of nitrogens with zero attached hydrogens (tertiary/aromatic N) is 1. The second-order valence-corrected chi connectivity index (χ2v) is 5.59. The summed E-state index contributed by atoms with van der Waals surface area (Å²) in [6.07, 6.45) is -4.09. The minimum atomic E-state index is -4.82. The van der Waals surface area contributed by atoms with Crippen molar-refractivity contribution in [1.82, 2.24) is 4.90 Å². The van der Waals surface area contributed by atoms with Gasteiger partial charge >= 0.3 is 6.18 Å². The van der Waals surface area contributed by atoms with Crippen LogP contribution in [-0.4, -0.2) is 23.9 Å². The van der Waals surface area contributed by atoms with Crippen molar-refractivity contribution in [3.63, 3.8) is 0 Å². The molecule has 0 radical (unpaired) electrons. The number of carbonyl (C=O) groups is 1. The third-order valence-corrected chi connectivity index (χ3v) is 3.31. The Balaban J connectivity index is 3.03. The summed E-state index contributed by atoms with van der Waals surface area (Å²) < 4.78 is 51.2. The van der Waals surface area contributed by atoms with Gasteiger partial charge in [-0.3, -0.25) is 4.79 Å². The van der Waals surface area contributed by atoms with E-state index in [1.54, 1.807) is 0 Å². The normalized spacial score (nSPS) is 13.4. The largest absolute Gasteiger partial charge is 0.419 e. The van der Waals surface area contributed by atoms with E-state index in [2.05, 4.69) is 0 Å². The van der Waals surface area contributed by atoms with Crippen molar-refractivity contribution in [3.05, 3.63) is 35.1 Å². The van der Waals surface area contributed by atoms with Crippen LogP contribution in [0.3, 0.4) is 0 Å². The molecule has 0 spiro atoms. The van der Waals surface area contributed by atoms with E-state index in [-0.39, 0.29) is 11.6 Å². The number of alkyl halides is 3. The lowest BCUT2D eigenvalue weighted by Gasteiger charge is -2.26. The van der Waals surface area contributed by atoms with E-state index >= 15 is 0 Å². The maximum atomic E-state index is 13.2. The van der Waals surface area contributed by atoms with Crippen LogP contribution in [0.4, 0.5) is 17.6 Å². The number of rotatable bonds is 4. The molecule has 1 rings (SSSR count). The molecule has 0 aliphatic carbocycles. The van der Waals surface area contributed by atoms with Gasteiger partial charge in [-0.15, -0.1) is 0 Å². The average Bonchev–Trinajstić information content (AvgIpc) is 2.35. The zero-order chi connectivity index (χ0) is 16.4. The van der Waals surface area contributed by atoms with Crippen LogP contribution >= 0.6 is 0 Å². The van der Waals surface area contributed by atoms with Crippen LogP contribution in [0.15, 0.2) is 18.2 Å². The SMILES string of the molecule is CC(C)CC(C)N(C)C(=O)c1ccc(F)c(C(F)(F)F)c1. The molecule has 118 valence electrons. The number of carbonyl (C=O) groups excluding carboxylic acids is 1. The lowest BCUT2D eigenvalue weighted by molar-refractivity contribution is -0.140. The lowest BCUT2D eigenvalue weighted by atomic mass is 10.0. The van der Waals surface area contributed by atoms with Gasteiger partial charge in [-0.05, 0) is 37.5 Å². The summed E-state index contributed by atoms with van der Waals surface area (Å²) in [5.41, 5.74) is -1.58. The smallest absolute Gasteiger partial charge is 0.339 e. The van der Waals surface area contributed by atoms with Crippen molar-refractivity contribution < 1.29 is 22.4 Å². The summed E-state index contributed by atoms with van der Waals surface area (Å²) in [5, 5.41) is 0. The first-order chi connectivity index (χ1) is 9.54. The molecule has 6 heteroatoms. The Labute approximate surface area is 121 Å². The van der Waals surface area contributed by atoms with E-state index in [9.17, 15) is 22.4 Å². The van der Waals surface area contributed by atoms with Crippen LogP contribution in [0, 0.1) is 11.7 Å². The van der Waals surface area contributed by atoms with Gasteiger partial charge in [0.15, 0.2) is 0 Å². The van der Waals surface area contributed by atoms with Gasteiger partial charge in [0.2, 0.25) is 0 Å². The Hall–Kier alpha value is -1.59. The van der Waals surface area contributed by atoms with Crippen molar-refractivity contribution in [2.45, 2.75) is 39.4 Å². The molecule has 0 fully saturated rings. The first-order valence-electron chi connectivity index (χ1n) is 6.68. The first kappa shape index (κ1) is 17.5. The summed E-state index contributed by atoms with van der Waals surface area (Å²) >= 11 is 0. The minimum absolute atomic E-state index is 0.114. The fourth-order valence-corrected chi connectivity index (χ4v) is 2.12. The van der Waals surface area contributed by atoms with E-state index in [1.807, 2.05) is 20.8 Å². The molecule has 1 amide bonds. The van der Waals surface area contributed by atoms with Crippen molar-refractivity contribution in [2.24, 2.45) is 5.92 Å². The standard InChI is InChI=1S/C15H19F4NO/c1-9(2)7-10(3)20(4)14(21)11-5-6-13(16)12(8-11)15(17,18)19/h5-6,8-10H,7H2,1-4H3. The Kier molecular flexibility index (Phi) is 5.36. The highest BCUT2D eigenvalue weighted by atomic mass is 19.4. The van der Waals surface area contributed by atoms with Crippen LogP contribution in [0.2, 0.25) is 0 Å². The fourth-order valence-electron chi connectivity index (χ4n) is 2.12. The van der Waals surface area contributed by atoms with Crippen LogP contribution < -0.4 is 0 Å². The van der Waals surface area contributed by atoms with E-state index in [0.717, 1.165) is 12.5 Å².